The lowest BCUT2D eigenvalue weighted by atomic mass is 10.1. The molecule has 2 fully saturated rings. The number of nitrogens with zero attached hydrogens (tertiary/aromatic N) is 3. The highest BCUT2D eigenvalue weighted by atomic mass is 32.2. The number of hydrogen-bond acceptors (Lipinski definition) is 6. The largest absolute Gasteiger partial charge is 0.481 e. The van der Waals surface area contributed by atoms with E-state index in [-0.39, 0.29) is 35.6 Å². The van der Waals surface area contributed by atoms with Gasteiger partial charge in [0.2, 0.25) is 5.91 Å². The normalized spacial score (nSPS) is 23.6. The number of fused-ring (bicyclic) bond motifs is 1. The second-order valence-electron chi connectivity index (χ2n) is 7.50. The average molecular weight is 454 g/mol. The number of carboxylic acid groups (broad SMARTS) is 1. The van der Waals surface area contributed by atoms with Crippen molar-refractivity contribution < 1.29 is 23.1 Å². The summed E-state index contributed by atoms with van der Waals surface area (Å²) in [5, 5.41) is 9.06. The van der Waals surface area contributed by atoms with Gasteiger partial charge in [0.15, 0.2) is 15.0 Å². The Balaban J connectivity index is 1.96. The molecule has 1 N–H and O–H groups in total. The third-order valence-electron chi connectivity index (χ3n) is 5.41. The third-order valence-corrected chi connectivity index (χ3v) is 8.62. The summed E-state index contributed by atoms with van der Waals surface area (Å²) in [6, 6.07) is 5.73. The van der Waals surface area contributed by atoms with Crippen LogP contribution in [0.5, 0.6) is 0 Å². The maximum absolute atomic E-state index is 12.2. The Morgan fingerprint density at radius 3 is 2.53 bits per heavy atom. The predicted octanol–water partition coefficient (Wildman–Crippen LogP) is 2.31. The molecule has 0 saturated carbocycles. The maximum Gasteiger partial charge on any atom is 0.303 e. The van der Waals surface area contributed by atoms with Gasteiger partial charge in [-0.15, -0.1) is 0 Å². The van der Waals surface area contributed by atoms with Crippen molar-refractivity contribution in [3.05, 3.63) is 23.8 Å². The molecule has 0 aromatic heterocycles. The molecule has 3 rings (SSSR count). The number of carboxylic acids is 1. The summed E-state index contributed by atoms with van der Waals surface area (Å²) in [5.41, 5.74) is 2.88. The van der Waals surface area contributed by atoms with Crippen molar-refractivity contribution >= 4 is 50.0 Å². The van der Waals surface area contributed by atoms with Crippen molar-refractivity contribution in [2.45, 2.75) is 44.9 Å². The van der Waals surface area contributed by atoms with Crippen molar-refractivity contribution in [3.63, 3.8) is 0 Å². The average Bonchev–Trinajstić information content (AvgIpc) is 3.12. The summed E-state index contributed by atoms with van der Waals surface area (Å²) in [6.07, 6.45) is -0.458. The number of sulfone groups is 1. The second-order valence-corrected chi connectivity index (χ2v) is 10.9. The van der Waals surface area contributed by atoms with Gasteiger partial charge in [-0.05, 0) is 44.5 Å². The van der Waals surface area contributed by atoms with Gasteiger partial charge in [-0.1, -0.05) is 11.8 Å². The summed E-state index contributed by atoms with van der Waals surface area (Å²) in [7, 11) is -3.15. The minimum atomic E-state index is -3.15. The standard InChI is InChI=1S/C20H27N3O5S2/c1-4-22(5-2)14-6-7-15(13(3)10-14)23-16-11-30(27,28)12-17(16)29-20(23)21-18(24)8-9-19(25)26/h6-7,10,16-17H,4-5,8-9,11-12H2,1-3H3,(H,25,26)/t16-,17+/m0/s1. The van der Waals surface area contributed by atoms with Gasteiger partial charge in [0, 0.05) is 36.1 Å². The zero-order chi connectivity index (χ0) is 22.1. The number of anilines is 2. The Kier molecular flexibility index (Phi) is 6.76. The predicted molar refractivity (Wildman–Crippen MR) is 120 cm³/mol. The van der Waals surface area contributed by atoms with Gasteiger partial charge in [0.1, 0.15) is 0 Å². The molecule has 0 radical (unpaired) electrons. The van der Waals surface area contributed by atoms with E-state index in [4.69, 9.17) is 5.11 Å². The van der Waals surface area contributed by atoms with E-state index in [1.54, 1.807) is 0 Å². The summed E-state index contributed by atoms with van der Waals surface area (Å²) in [6.45, 7) is 7.90. The van der Waals surface area contributed by atoms with Crippen LogP contribution in [0.4, 0.5) is 11.4 Å². The van der Waals surface area contributed by atoms with Gasteiger partial charge in [0.05, 0.1) is 24.0 Å². The fourth-order valence-electron chi connectivity index (χ4n) is 3.92. The fraction of sp³-hybridized carbons (Fsp3) is 0.550. The molecule has 8 nitrogen and oxygen atoms in total. The molecule has 1 aromatic rings. The number of carbonyl (C=O) groups excluding carboxylic acids is 1. The van der Waals surface area contributed by atoms with Crippen LogP contribution in [0.2, 0.25) is 0 Å². The highest BCUT2D eigenvalue weighted by molar-refractivity contribution is 8.16. The quantitative estimate of drug-likeness (QED) is 0.670. The first-order valence-corrected chi connectivity index (χ1v) is 12.7. The van der Waals surface area contributed by atoms with Crippen molar-refractivity contribution in [3.8, 4) is 0 Å². The molecule has 2 heterocycles. The van der Waals surface area contributed by atoms with E-state index < -0.39 is 21.7 Å². The molecule has 2 saturated heterocycles. The van der Waals surface area contributed by atoms with E-state index in [0.29, 0.717) is 5.17 Å². The van der Waals surface area contributed by atoms with Crippen molar-refractivity contribution in [1.29, 1.82) is 0 Å². The zero-order valence-corrected chi connectivity index (χ0v) is 19.0. The van der Waals surface area contributed by atoms with Crippen molar-refractivity contribution in [2.24, 2.45) is 4.99 Å². The Labute approximate surface area is 181 Å². The molecule has 10 heteroatoms. The van der Waals surface area contributed by atoms with Crippen LogP contribution >= 0.6 is 11.8 Å². The lowest BCUT2D eigenvalue weighted by Gasteiger charge is -2.28. The van der Waals surface area contributed by atoms with E-state index in [0.717, 1.165) is 30.0 Å². The third kappa shape index (κ3) is 4.80. The number of hydrogen-bond donors (Lipinski definition) is 1. The lowest BCUT2D eigenvalue weighted by Crippen LogP contribution is -2.38. The number of amides is 1. The number of aryl methyl sites for hydroxylation is 1. The molecule has 2 aliphatic rings. The number of amidine groups is 1. The Morgan fingerprint density at radius 2 is 1.93 bits per heavy atom. The zero-order valence-electron chi connectivity index (χ0n) is 17.4. The minimum absolute atomic E-state index is 0.0181. The number of carbonyl (C=O) groups is 2. The molecule has 164 valence electrons. The molecule has 2 atom stereocenters. The van der Waals surface area contributed by atoms with Crippen LogP contribution in [0.1, 0.15) is 32.3 Å². The second kappa shape index (κ2) is 8.97. The molecule has 0 bridgehead atoms. The van der Waals surface area contributed by atoms with E-state index in [1.165, 1.54) is 11.8 Å². The molecule has 1 amide bonds. The molecule has 1 aromatic carbocycles. The smallest absolute Gasteiger partial charge is 0.303 e. The number of benzene rings is 1. The SMILES string of the molecule is CCN(CC)c1ccc(N2C(=NC(=O)CCC(=O)O)S[C@@H]3CS(=O)(=O)C[C@@H]32)c(C)c1. The first-order chi connectivity index (χ1) is 14.1. The van der Waals surface area contributed by atoms with E-state index in [2.05, 4.69) is 29.8 Å². The Hall–Kier alpha value is -2.07. The number of rotatable bonds is 7. The molecule has 0 unspecified atom stereocenters. The van der Waals surface area contributed by atoms with Crippen molar-refractivity contribution in [1.82, 2.24) is 0 Å². The van der Waals surface area contributed by atoms with Gasteiger partial charge in [-0.2, -0.15) is 4.99 Å². The summed E-state index contributed by atoms with van der Waals surface area (Å²) >= 11 is 1.30. The van der Waals surface area contributed by atoms with Gasteiger partial charge < -0.3 is 14.9 Å². The van der Waals surface area contributed by atoms with E-state index >= 15 is 0 Å². The van der Waals surface area contributed by atoms with Crippen LogP contribution in [-0.4, -0.2) is 66.5 Å². The Morgan fingerprint density at radius 1 is 1.23 bits per heavy atom. The van der Waals surface area contributed by atoms with Gasteiger partial charge in [-0.3, -0.25) is 9.59 Å². The van der Waals surface area contributed by atoms with Crippen LogP contribution in [0.15, 0.2) is 23.2 Å². The maximum atomic E-state index is 12.2. The van der Waals surface area contributed by atoms with Crippen LogP contribution in [0.3, 0.4) is 0 Å². The van der Waals surface area contributed by atoms with Crippen molar-refractivity contribution in [2.75, 3.05) is 34.4 Å². The summed E-state index contributed by atoms with van der Waals surface area (Å²) in [4.78, 5) is 31.2. The Bertz CT molecular complexity index is 973. The van der Waals surface area contributed by atoms with Crippen LogP contribution in [0, 0.1) is 6.92 Å². The minimum Gasteiger partial charge on any atom is -0.481 e. The number of aliphatic imine (C=N–C) groups is 1. The van der Waals surface area contributed by atoms with Gasteiger partial charge in [-0.25, -0.2) is 8.42 Å². The summed E-state index contributed by atoms with van der Waals surface area (Å²) < 4.78 is 24.4. The number of thioether (sulfide) groups is 1. The van der Waals surface area contributed by atoms with Gasteiger partial charge >= 0.3 is 5.97 Å². The van der Waals surface area contributed by atoms with E-state index in [9.17, 15) is 18.0 Å². The fourth-order valence-corrected chi connectivity index (χ4v) is 7.84. The topological polar surface area (TPSA) is 107 Å². The molecular formula is C20H27N3O5S2. The van der Waals surface area contributed by atoms with Gasteiger partial charge in [0.25, 0.3) is 0 Å². The first kappa shape index (κ1) is 22.6. The summed E-state index contributed by atoms with van der Waals surface area (Å²) in [5.74, 6) is -1.49. The molecule has 0 aliphatic carbocycles. The molecule has 30 heavy (non-hydrogen) atoms. The first-order valence-electron chi connectivity index (χ1n) is 10.0. The lowest BCUT2D eigenvalue weighted by molar-refractivity contribution is -0.138. The highest BCUT2D eigenvalue weighted by Gasteiger charge is 2.49. The molecule has 2 aliphatic heterocycles. The number of aliphatic carboxylic acids is 1. The van der Waals surface area contributed by atoms with Crippen LogP contribution in [0.25, 0.3) is 0 Å². The van der Waals surface area contributed by atoms with Crippen LogP contribution in [-0.2, 0) is 19.4 Å². The highest BCUT2D eigenvalue weighted by Crippen LogP contribution is 2.42. The monoisotopic (exact) mass is 453 g/mol. The van der Waals surface area contributed by atoms with E-state index in [1.807, 2.05) is 24.0 Å². The molecule has 0 spiro atoms. The van der Waals surface area contributed by atoms with Crippen LogP contribution < -0.4 is 9.80 Å². The molecular weight excluding hydrogens is 426 g/mol.